The SMILES string of the molecule is Cc1ccccc1OCC(=O)N1CCC2(CC1)CCN(S(=O)(=O)c1ccc3c(Cl)cccc3c1)C2. The van der Waals surface area contributed by atoms with Gasteiger partial charge in [0.25, 0.3) is 5.91 Å². The monoisotopic (exact) mass is 512 g/mol. The molecule has 35 heavy (non-hydrogen) atoms. The van der Waals surface area contributed by atoms with Gasteiger partial charge in [-0.15, -0.1) is 0 Å². The molecule has 0 aliphatic carbocycles. The Morgan fingerprint density at radius 2 is 1.74 bits per heavy atom. The lowest BCUT2D eigenvalue weighted by atomic mass is 9.78. The molecule has 6 nitrogen and oxygen atoms in total. The predicted molar refractivity (Wildman–Crippen MR) is 137 cm³/mol. The Morgan fingerprint density at radius 1 is 1.00 bits per heavy atom. The lowest BCUT2D eigenvalue weighted by Crippen LogP contribution is -2.46. The molecule has 0 aromatic heterocycles. The normalized spacial score (nSPS) is 18.3. The Labute approximate surface area is 211 Å². The summed E-state index contributed by atoms with van der Waals surface area (Å²) in [5, 5.41) is 2.26. The van der Waals surface area contributed by atoms with Gasteiger partial charge in [0.2, 0.25) is 10.0 Å². The maximum Gasteiger partial charge on any atom is 0.260 e. The number of carbonyl (C=O) groups is 1. The molecule has 1 amide bonds. The number of sulfonamides is 1. The number of fused-ring (bicyclic) bond motifs is 1. The van der Waals surface area contributed by atoms with E-state index in [1.807, 2.05) is 48.2 Å². The second kappa shape index (κ2) is 9.45. The molecule has 5 rings (SSSR count). The number of likely N-dealkylation sites (tertiary alicyclic amines) is 1. The molecule has 2 heterocycles. The molecule has 0 bridgehead atoms. The molecule has 3 aromatic rings. The molecular weight excluding hydrogens is 484 g/mol. The van der Waals surface area contributed by atoms with Crippen LogP contribution in [0.15, 0.2) is 65.6 Å². The largest absolute Gasteiger partial charge is 0.484 e. The van der Waals surface area contributed by atoms with Gasteiger partial charge in [-0.2, -0.15) is 4.31 Å². The van der Waals surface area contributed by atoms with Crippen LogP contribution in [0.4, 0.5) is 0 Å². The molecule has 0 atom stereocenters. The van der Waals surface area contributed by atoms with Crippen LogP contribution in [0.3, 0.4) is 0 Å². The third kappa shape index (κ3) is 4.77. The summed E-state index contributed by atoms with van der Waals surface area (Å²) in [5.41, 5.74) is 0.917. The van der Waals surface area contributed by atoms with Crippen molar-refractivity contribution in [3.05, 3.63) is 71.2 Å². The highest BCUT2D eigenvalue weighted by atomic mass is 35.5. The number of benzene rings is 3. The van der Waals surface area contributed by atoms with Crippen molar-refractivity contribution < 1.29 is 17.9 Å². The minimum Gasteiger partial charge on any atom is -0.484 e. The number of halogens is 1. The molecule has 2 saturated heterocycles. The molecule has 0 saturated carbocycles. The van der Waals surface area contributed by atoms with E-state index < -0.39 is 10.0 Å². The topological polar surface area (TPSA) is 66.9 Å². The van der Waals surface area contributed by atoms with E-state index in [1.165, 1.54) is 0 Å². The molecule has 2 aliphatic rings. The van der Waals surface area contributed by atoms with E-state index in [0.29, 0.717) is 36.1 Å². The third-order valence-corrected chi connectivity index (χ3v) is 9.63. The lowest BCUT2D eigenvalue weighted by molar-refractivity contribution is -0.135. The number of nitrogens with zero attached hydrogens (tertiary/aromatic N) is 2. The molecule has 0 unspecified atom stereocenters. The zero-order chi connectivity index (χ0) is 24.6. The number of rotatable bonds is 5. The van der Waals surface area contributed by atoms with Crippen molar-refractivity contribution in [2.45, 2.75) is 31.1 Å². The van der Waals surface area contributed by atoms with Crippen molar-refractivity contribution in [3.8, 4) is 5.75 Å². The van der Waals surface area contributed by atoms with Crippen molar-refractivity contribution in [1.29, 1.82) is 0 Å². The molecule has 2 fully saturated rings. The highest BCUT2D eigenvalue weighted by Crippen LogP contribution is 2.42. The molecule has 8 heteroatoms. The number of aryl methyl sites for hydroxylation is 1. The number of carbonyl (C=O) groups excluding carboxylic acids is 1. The van der Waals surface area contributed by atoms with Crippen LogP contribution >= 0.6 is 11.6 Å². The van der Waals surface area contributed by atoms with Gasteiger partial charge in [0.15, 0.2) is 6.61 Å². The molecule has 0 radical (unpaired) electrons. The van der Waals surface area contributed by atoms with Crippen LogP contribution in [0, 0.1) is 12.3 Å². The van der Waals surface area contributed by atoms with Crippen LogP contribution in [0.5, 0.6) is 5.75 Å². The second-order valence-corrected chi connectivity index (χ2v) is 12.0. The summed E-state index contributed by atoms with van der Waals surface area (Å²) in [6.45, 7) is 4.21. The first kappa shape index (κ1) is 24.1. The second-order valence-electron chi connectivity index (χ2n) is 9.65. The fourth-order valence-corrected chi connectivity index (χ4v) is 7.05. The Kier molecular flexibility index (Phi) is 6.51. The number of ether oxygens (including phenoxy) is 1. The van der Waals surface area contributed by atoms with Crippen LogP contribution in [0.1, 0.15) is 24.8 Å². The number of amides is 1. The third-order valence-electron chi connectivity index (χ3n) is 7.46. The summed E-state index contributed by atoms with van der Waals surface area (Å²) in [6.07, 6.45) is 2.40. The molecule has 184 valence electrons. The Hall–Kier alpha value is -2.61. The van der Waals surface area contributed by atoms with Crippen molar-refractivity contribution in [2.75, 3.05) is 32.8 Å². The fraction of sp³-hybridized carbons (Fsp3) is 0.370. The van der Waals surface area contributed by atoms with E-state index in [1.54, 1.807) is 28.6 Å². The number of hydrogen-bond acceptors (Lipinski definition) is 4. The first-order valence-electron chi connectivity index (χ1n) is 11.9. The van der Waals surface area contributed by atoms with Crippen LogP contribution < -0.4 is 4.74 Å². The smallest absolute Gasteiger partial charge is 0.260 e. The van der Waals surface area contributed by atoms with Crippen molar-refractivity contribution in [1.82, 2.24) is 9.21 Å². The predicted octanol–water partition coefficient (Wildman–Crippen LogP) is 4.88. The van der Waals surface area contributed by atoms with Crippen LogP contribution in [-0.2, 0) is 14.8 Å². The number of hydrogen-bond donors (Lipinski definition) is 0. The summed E-state index contributed by atoms with van der Waals surface area (Å²) in [5.74, 6) is 0.697. The average Bonchev–Trinajstić information content (AvgIpc) is 3.28. The summed E-state index contributed by atoms with van der Waals surface area (Å²) in [4.78, 5) is 14.8. The van der Waals surface area contributed by atoms with Gasteiger partial charge in [-0.3, -0.25) is 4.79 Å². The minimum absolute atomic E-state index is 0.0182. The van der Waals surface area contributed by atoms with E-state index in [0.717, 1.165) is 41.3 Å². The fourth-order valence-electron chi connectivity index (χ4n) is 5.22. The van der Waals surface area contributed by atoms with E-state index in [4.69, 9.17) is 16.3 Å². The summed E-state index contributed by atoms with van der Waals surface area (Å²) < 4.78 is 34.2. The van der Waals surface area contributed by atoms with E-state index in [2.05, 4.69) is 0 Å². The maximum absolute atomic E-state index is 13.4. The van der Waals surface area contributed by atoms with Gasteiger partial charge in [0.1, 0.15) is 5.75 Å². The highest BCUT2D eigenvalue weighted by Gasteiger charge is 2.45. The molecule has 2 aliphatic heterocycles. The molecular formula is C27H29ClN2O4S. The summed E-state index contributed by atoms with van der Waals surface area (Å²) in [6, 6.07) is 18.3. The van der Waals surface area contributed by atoms with Crippen molar-refractivity contribution >= 4 is 38.3 Å². The minimum atomic E-state index is -3.60. The lowest BCUT2D eigenvalue weighted by Gasteiger charge is -2.39. The number of piperidine rings is 1. The van der Waals surface area contributed by atoms with E-state index in [9.17, 15) is 13.2 Å². The Morgan fingerprint density at radius 3 is 2.51 bits per heavy atom. The van der Waals surface area contributed by atoms with E-state index >= 15 is 0 Å². The van der Waals surface area contributed by atoms with Crippen molar-refractivity contribution in [3.63, 3.8) is 0 Å². The zero-order valence-electron chi connectivity index (χ0n) is 19.7. The molecule has 1 spiro atoms. The van der Waals surface area contributed by atoms with Crippen LogP contribution in [0.2, 0.25) is 5.02 Å². The molecule has 0 N–H and O–H groups in total. The highest BCUT2D eigenvalue weighted by molar-refractivity contribution is 7.89. The quantitative estimate of drug-likeness (QED) is 0.488. The first-order chi connectivity index (χ1) is 16.8. The first-order valence-corrected chi connectivity index (χ1v) is 13.7. The summed E-state index contributed by atoms with van der Waals surface area (Å²) >= 11 is 6.24. The van der Waals surface area contributed by atoms with E-state index in [-0.39, 0.29) is 17.9 Å². The van der Waals surface area contributed by atoms with Gasteiger partial charge in [0.05, 0.1) is 4.90 Å². The van der Waals surface area contributed by atoms with Gasteiger partial charge in [-0.05, 0) is 66.8 Å². The zero-order valence-corrected chi connectivity index (χ0v) is 21.3. The van der Waals surface area contributed by atoms with Gasteiger partial charge in [-0.1, -0.05) is 48.0 Å². The van der Waals surface area contributed by atoms with Gasteiger partial charge >= 0.3 is 0 Å². The molecule has 3 aromatic carbocycles. The van der Waals surface area contributed by atoms with Gasteiger partial charge in [-0.25, -0.2) is 8.42 Å². The maximum atomic E-state index is 13.4. The Balaban J connectivity index is 1.21. The standard InChI is InChI=1S/C27H29ClN2O4S/c1-20-5-2-3-8-25(20)34-18-26(31)29-14-11-27(12-15-29)13-16-30(19-27)35(32,33)22-9-10-23-21(17-22)6-4-7-24(23)28/h2-10,17H,11-16,18-19H2,1H3. The van der Waals surface area contributed by atoms with Gasteiger partial charge in [0, 0.05) is 36.6 Å². The van der Waals surface area contributed by atoms with Crippen LogP contribution in [-0.4, -0.2) is 56.3 Å². The Bertz CT molecular complexity index is 1370. The van der Waals surface area contributed by atoms with Crippen LogP contribution in [0.25, 0.3) is 10.8 Å². The van der Waals surface area contributed by atoms with Gasteiger partial charge < -0.3 is 9.64 Å². The van der Waals surface area contributed by atoms with Crippen molar-refractivity contribution in [2.24, 2.45) is 5.41 Å². The summed E-state index contributed by atoms with van der Waals surface area (Å²) in [7, 11) is -3.60. The number of para-hydroxylation sites is 1. The average molecular weight is 513 g/mol.